The van der Waals surface area contributed by atoms with Crippen LogP contribution in [0.1, 0.15) is 27.0 Å². The molecule has 0 saturated carbocycles. The van der Waals surface area contributed by atoms with E-state index in [0.717, 1.165) is 22.3 Å². The molecule has 0 unspecified atom stereocenters. The molecule has 0 aliphatic rings. The summed E-state index contributed by atoms with van der Waals surface area (Å²) in [7, 11) is 0. The number of aromatic nitrogens is 2. The Morgan fingerprint density at radius 1 is 1.00 bits per heavy atom. The van der Waals surface area contributed by atoms with Gasteiger partial charge in [0, 0.05) is 18.0 Å². The normalized spacial score (nSPS) is 10.6. The number of anilines is 1. The maximum absolute atomic E-state index is 12.9. The Morgan fingerprint density at radius 3 is 2.52 bits per heavy atom. The first-order valence-electron chi connectivity index (χ1n) is 7.92. The van der Waals surface area contributed by atoms with Crippen molar-refractivity contribution in [3.05, 3.63) is 76.3 Å². The standard InChI is InChI=1S/C20H18ClN3O/c1-12-6-4-5-7-15(12)16-8-9-22-11-17(16)24-20(25)18-13(2)10-23-19(21)14(18)3/h4-11H,1-3H3,(H,24,25). The minimum absolute atomic E-state index is 0.220. The molecule has 0 bridgehead atoms. The molecule has 1 N–H and O–H groups in total. The van der Waals surface area contributed by atoms with E-state index in [9.17, 15) is 4.79 Å². The number of carbonyl (C=O) groups is 1. The van der Waals surface area contributed by atoms with E-state index < -0.39 is 0 Å². The Morgan fingerprint density at radius 2 is 1.76 bits per heavy atom. The van der Waals surface area contributed by atoms with Gasteiger partial charge in [-0.1, -0.05) is 35.9 Å². The third-order valence-electron chi connectivity index (χ3n) is 4.18. The zero-order chi connectivity index (χ0) is 18.0. The molecule has 3 rings (SSSR count). The summed E-state index contributed by atoms with van der Waals surface area (Å²) in [4.78, 5) is 21.1. The summed E-state index contributed by atoms with van der Waals surface area (Å²) >= 11 is 6.08. The number of benzene rings is 1. The first-order valence-corrected chi connectivity index (χ1v) is 8.30. The summed E-state index contributed by atoms with van der Waals surface area (Å²) in [6.45, 7) is 5.68. The summed E-state index contributed by atoms with van der Waals surface area (Å²) in [5.41, 5.74) is 5.76. The molecule has 1 aromatic carbocycles. The molecular weight excluding hydrogens is 334 g/mol. The summed E-state index contributed by atoms with van der Waals surface area (Å²) in [5.74, 6) is -0.220. The van der Waals surface area contributed by atoms with Gasteiger partial charge in [0.05, 0.1) is 17.4 Å². The van der Waals surface area contributed by atoms with Crippen LogP contribution in [0.4, 0.5) is 5.69 Å². The first kappa shape index (κ1) is 17.1. The van der Waals surface area contributed by atoms with Gasteiger partial charge in [-0.05, 0) is 49.1 Å². The summed E-state index contributed by atoms with van der Waals surface area (Å²) in [5, 5.41) is 3.31. The van der Waals surface area contributed by atoms with E-state index in [4.69, 9.17) is 11.6 Å². The highest BCUT2D eigenvalue weighted by atomic mass is 35.5. The van der Waals surface area contributed by atoms with Gasteiger partial charge in [-0.3, -0.25) is 9.78 Å². The van der Waals surface area contributed by atoms with E-state index in [1.54, 1.807) is 25.5 Å². The molecule has 0 spiro atoms. The molecule has 3 aromatic rings. The van der Waals surface area contributed by atoms with Gasteiger partial charge in [-0.2, -0.15) is 0 Å². The molecule has 2 aromatic heterocycles. The maximum atomic E-state index is 12.9. The number of halogens is 1. The van der Waals surface area contributed by atoms with Crippen LogP contribution in [0.3, 0.4) is 0 Å². The van der Waals surface area contributed by atoms with E-state index in [2.05, 4.69) is 15.3 Å². The van der Waals surface area contributed by atoms with Crippen LogP contribution in [0, 0.1) is 20.8 Å². The van der Waals surface area contributed by atoms with Crippen LogP contribution in [-0.2, 0) is 0 Å². The fourth-order valence-corrected chi connectivity index (χ4v) is 3.00. The van der Waals surface area contributed by atoms with Crippen LogP contribution in [-0.4, -0.2) is 15.9 Å². The van der Waals surface area contributed by atoms with Crippen LogP contribution < -0.4 is 5.32 Å². The lowest BCUT2D eigenvalue weighted by atomic mass is 10.00. The lowest BCUT2D eigenvalue weighted by Gasteiger charge is -2.15. The molecule has 2 heterocycles. The number of hydrogen-bond acceptors (Lipinski definition) is 3. The molecule has 0 saturated heterocycles. The molecule has 0 atom stereocenters. The highest BCUT2D eigenvalue weighted by Gasteiger charge is 2.17. The van der Waals surface area contributed by atoms with Crippen LogP contribution >= 0.6 is 11.6 Å². The number of amides is 1. The Labute approximate surface area is 151 Å². The Hall–Kier alpha value is -2.72. The highest BCUT2D eigenvalue weighted by molar-refractivity contribution is 6.30. The Bertz CT molecular complexity index is 953. The molecule has 5 heteroatoms. The third-order valence-corrected chi connectivity index (χ3v) is 4.56. The number of nitrogens with one attached hydrogen (secondary N) is 1. The van der Waals surface area contributed by atoms with E-state index in [1.807, 2.05) is 44.2 Å². The Kier molecular flexibility index (Phi) is 4.81. The van der Waals surface area contributed by atoms with Gasteiger partial charge in [0.15, 0.2) is 0 Å². The lowest BCUT2D eigenvalue weighted by molar-refractivity contribution is 0.102. The monoisotopic (exact) mass is 351 g/mol. The molecule has 1 amide bonds. The number of nitrogens with zero attached hydrogens (tertiary/aromatic N) is 2. The fourth-order valence-electron chi connectivity index (χ4n) is 2.85. The molecule has 0 fully saturated rings. The largest absolute Gasteiger partial charge is 0.320 e. The summed E-state index contributed by atoms with van der Waals surface area (Å²) in [6, 6.07) is 9.94. The number of hydrogen-bond donors (Lipinski definition) is 1. The topological polar surface area (TPSA) is 54.9 Å². The highest BCUT2D eigenvalue weighted by Crippen LogP contribution is 2.30. The van der Waals surface area contributed by atoms with Crippen molar-refractivity contribution in [1.29, 1.82) is 0 Å². The molecule has 25 heavy (non-hydrogen) atoms. The van der Waals surface area contributed by atoms with E-state index in [1.165, 1.54) is 0 Å². The van der Waals surface area contributed by atoms with Gasteiger partial charge < -0.3 is 5.32 Å². The van der Waals surface area contributed by atoms with Crippen LogP contribution in [0.25, 0.3) is 11.1 Å². The van der Waals surface area contributed by atoms with E-state index in [-0.39, 0.29) is 5.91 Å². The van der Waals surface area contributed by atoms with E-state index >= 15 is 0 Å². The molecule has 4 nitrogen and oxygen atoms in total. The second-order valence-electron chi connectivity index (χ2n) is 5.92. The zero-order valence-corrected chi connectivity index (χ0v) is 15.1. The smallest absolute Gasteiger partial charge is 0.256 e. The number of aryl methyl sites for hydroxylation is 2. The third kappa shape index (κ3) is 3.39. The van der Waals surface area contributed by atoms with Gasteiger partial charge in [0.1, 0.15) is 5.15 Å². The zero-order valence-electron chi connectivity index (χ0n) is 14.3. The van der Waals surface area contributed by atoms with Crippen molar-refractivity contribution in [2.45, 2.75) is 20.8 Å². The number of pyridine rings is 2. The summed E-state index contributed by atoms with van der Waals surface area (Å²) < 4.78 is 0. The van der Waals surface area contributed by atoms with Crippen LogP contribution in [0.2, 0.25) is 5.15 Å². The van der Waals surface area contributed by atoms with Gasteiger partial charge in [-0.15, -0.1) is 0 Å². The van der Waals surface area contributed by atoms with Crippen molar-refractivity contribution in [3.8, 4) is 11.1 Å². The number of carbonyl (C=O) groups excluding carboxylic acids is 1. The van der Waals surface area contributed by atoms with E-state index in [0.29, 0.717) is 22.0 Å². The van der Waals surface area contributed by atoms with Crippen LogP contribution in [0.5, 0.6) is 0 Å². The van der Waals surface area contributed by atoms with Crippen molar-refractivity contribution >= 4 is 23.2 Å². The second-order valence-corrected chi connectivity index (χ2v) is 6.28. The maximum Gasteiger partial charge on any atom is 0.256 e. The van der Waals surface area contributed by atoms with Crippen molar-refractivity contribution < 1.29 is 4.79 Å². The van der Waals surface area contributed by atoms with Gasteiger partial charge in [0.2, 0.25) is 0 Å². The van der Waals surface area contributed by atoms with Crippen LogP contribution in [0.15, 0.2) is 48.9 Å². The minimum Gasteiger partial charge on any atom is -0.320 e. The molecular formula is C20H18ClN3O. The van der Waals surface area contributed by atoms with Gasteiger partial charge >= 0.3 is 0 Å². The summed E-state index contributed by atoms with van der Waals surface area (Å²) in [6.07, 6.45) is 4.99. The molecule has 126 valence electrons. The van der Waals surface area contributed by atoms with Gasteiger partial charge in [-0.25, -0.2) is 4.98 Å². The lowest BCUT2D eigenvalue weighted by Crippen LogP contribution is -2.16. The minimum atomic E-state index is -0.220. The molecule has 0 radical (unpaired) electrons. The average Bonchev–Trinajstić information content (AvgIpc) is 2.60. The van der Waals surface area contributed by atoms with Crippen molar-refractivity contribution in [3.63, 3.8) is 0 Å². The first-order chi connectivity index (χ1) is 12.0. The fraction of sp³-hybridized carbons (Fsp3) is 0.150. The quantitative estimate of drug-likeness (QED) is 0.677. The van der Waals surface area contributed by atoms with Gasteiger partial charge in [0.25, 0.3) is 5.91 Å². The molecule has 0 aliphatic heterocycles. The SMILES string of the molecule is Cc1ccccc1-c1ccncc1NC(=O)c1c(C)cnc(Cl)c1C. The average molecular weight is 352 g/mol. The Balaban J connectivity index is 2.02. The second kappa shape index (κ2) is 7.03. The number of rotatable bonds is 3. The predicted molar refractivity (Wildman–Crippen MR) is 101 cm³/mol. The molecule has 0 aliphatic carbocycles. The predicted octanol–water partition coefficient (Wildman–Crippen LogP) is 4.97. The van der Waals surface area contributed by atoms with Crippen molar-refractivity contribution in [2.75, 3.05) is 5.32 Å². The van der Waals surface area contributed by atoms with Crippen molar-refractivity contribution in [1.82, 2.24) is 9.97 Å². The van der Waals surface area contributed by atoms with Crippen molar-refractivity contribution in [2.24, 2.45) is 0 Å².